The largest absolute Gasteiger partial charge is 0.350 e. The third kappa shape index (κ3) is 5.43. The Morgan fingerprint density at radius 3 is 2.33 bits per heavy atom. The molecular formula is C26H23BrN2O3S. The normalized spacial score (nSPS) is 11.3. The minimum atomic E-state index is -3.94. The molecule has 7 heteroatoms. The topological polar surface area (TPSA) is 66.5 Å². The summed E-state index contributed by atoms with van der Waals surface area (Å²) in [6.07, 6.45) is 0. The maximum atomic E-state index is 13.4. The van der Waals surface area contributed by atoms with Crippen LogP contribution in [0.15, 0.2) is 100 Å². The molecule has 168 valence electrons. The Bertz CT molecular complexity index is 1400. The number of aryl methyl sites for hydroxylation is 1. The van der Waals surface area contributed by atoms with E-state index in [-0.39, 0.29) is 17.3 Å². The molecule has 0 unspecified atom stereocenters. The van der Waals surface area contributed by atoms with Crippen molar-refractivity contribution >= 4 is 48.3 Å². The van der Waals surface area contributed by atoms with Crippen LogP contribution in [-0.4, -0.2) is 20.9 Å². The molecular weight excluding hydrogens is 500 g/mol. The number of hydrogen-bond acceptors (Lipinski definition) is 3. The van der Waals surface area contributed by atoms with E-state index in [2.05, 4.69) is 21.2 Å². The molecule has 4 aromatic carbocycles. The van der Waals surface area contributed by atoms with E-state index in [1.54, 1.807) is 48.5 Å². The second-order valence-corrected chi connectivity index (χ2v) is 10.5. The van der Waals surface area contributed by atoms with Crippen LogP contribution < -0.4 is 9.62 Å². The van der Waals surface area contributed by atoms with Gasteiger partial charge in [-0.3, -0.25) is 9.10 Å². The summed E-state index contributed by atoms with van der Waals surface area (Å²) in [5.74, 6) is -0.390. The van der Waals surface area contributed by atoms with Gasteiger partial charge in [-0.25, -0.2) is 8.42 Å². The number of hydrogen-bond donors (Lipinski definition) is 1. The van der Waals surface area contributed by atoms with Crippen molar-refractivity contribution in [3.63, 3.8) is 0 Å². The van der Waals surface area contributed by atoms with Gasteiger partial charge in [-0.2, -0.15) is 0 Å². The molecule has 33 heavy (non-hydrogen) atoms. The lowest BCUT2D eigenvalue weighted by molar-refractivity contribution is -0.119. The van der Waals surface area contributed by atoms with Crippen molar-refractivity contribution in [3.05, 3.63) is 107 Å². The smallest absolute Gasteiger partial charge is 0.264 e. The van der Waals surface area contributed by atoms with Crippen LogP contribution in [0.4, 0.5) is 5.69 Å². The lowest BCUT2D eigenvalue weighted by Gasteiger charge is -2.24. The third-order valence-electron chi connectivity index (χ3n) is 5.30. The maximum absolute atomic E-state index is 13.4. The first-order chi connectivity index (χ1) is 15.8. The van der Waals surface area contributed by atoms with E-state index in [0.29, 0.717) is 12.2 Å². The Labute approximate surface area is 202 Å². The van der Waals surface area contributed by atoms with Gasteiger partial charge in [-0.05, 0) is 59.7 Å². The van der Waals surface area contributed by atoms with Gasteiger partial charge in [0.1, 0.15) is 6.54 Å². The molecule has 4 aromatic rings. The second-order valence-electron chi connectivity index (χ2n) is 7.76. The van der Waals surface area contributed by atoms with E-state index in [1.807, 2.05) is 49.4 Å². The molecule has 0 aliphatic heterocycles. The molecule has 0 saturated heterocycles. The lowest BCUT2D eigenvalue weighted by atomic mass is 10.1. The average molecular weight is 523 g/mol. The Morgan fingerprint density at radius 2 is 1.61 bits per heavy atom. The summed E-state index contributed by atoms with van der Waals surface area (Å²) in [4.78, 5) is 13.0. The standard InChI is InChI=1S/C26H23BrN2O3S/c1-19-9-13-25(14-10-19)33(31,32)29(24-8-4-7-23(27)16-24)18-26(30)28-17-20-11-12-21-5-2-3-6-22(21)15-20/h2-16H,17-18H2,1H3,(H,28,30). The minimum Gasteiger partial charge on any atom is -0.350 e. The zero-order valence-electron chi connectivity index (χ0n) is 18.0. The molecule has 4 rings (SSSR count). The summed E-state index contributed by atoms with van der Waals surface area (Å²) in [6, 6.07) is 27.5. The minimum absolute atomic E-state index is 0.135. The van der Waals surface area contributed by atoms with Crippen molar-refractivity contribution in [2.45, 2.75) is 18.4 Å². The molecule has 0 fully saturated rings. The highest BCUT2D eigenvalue weighted by Crippen LogP contribution is 2.26. The molecule has 0 saturated carbocycles. The summed E-state index contributed by atoms with van der Waals surface area (Å²) >= 11 is 3.39. The summed E-state index contributed by atoms with van der Waals surface area (Å²) in [5, 5.41) is 5.06. The molecule has 0 atom stereocenters. The summed E-state index contributed by atoms with van der Waals surface area (Å²) in [7, 11) is -3.94. The monoisotopic (exact) mass is 522 g/mol. The van der Waals surface area contributed by atoms with Crippen molar-refractivity contribution in [2.24, 2.45) is 0 Å². The maximum Gasteiger partial charge on any atom is 0.264 e. The number of rotatable bonds is 7. The van der Waals surface area contributed by atoms with Crippen molar-refractivity contribution in [1.29, 1.82) is 0 Å². The molecule has 1 amide bonds. The highest BCUT2D eigenvalue weighted by molar-refractivity contribution is 9.10. The molecule has 1 N–H and O–H groups in total. The van der Waals surface area contributed by atoms with E-state index >= 15 is 0 Å². The van der Waals surface area contributed by atoms with E-state index in [1.165, 1.54) is 0 Å². The molecule has 0 aliphatic rings. The number of fused-ring (bicyclic) bond motifs is 1. The molecule has 5 nitrogen and oxygen atoms in total. The first-order valence-electron chi connectivity index (χ1n) is 10.4. The highest BCUT2D eigenvalue weighted by Gasteiger charge is 2.27. The van der Waals surface area contributed by atoms with Crippen molar-refractivity contribution in [2.75, 3.05) is 10.8 Å². The van der Waals surface area contributed by atoms with Crippen molar-refractivity contribution < 1.29 is 13.2 Å². The van der Waals surface area contributed by atoms with Crippen LogP contribution in [0, 0.1) is 6.92 Å². The van der Waals surface area contributed by atoms with E-state index in [9.17, 15) is 13.2 Å². The van der Waals surface area contributed by atoms with Gasteiger partial charge in [-0.15, -0.1) is 0 Å². The Hall–Kier alpha value is -3.16. The fraction of sp³-hybridized carbons (Fsp3) is 0.115. The van der Waals surface area contributed by atoms with Crippen molar-refractivity contribution in [3.8, 4) is 0 Å². The number of carbonyl (C=O) groups is 1. The second kappa shape index (κ2) is 9.77. The predicted molar refractivity (Wildman–Crippen MR) is 136 cm³/mol. The number of halogens is 1. The zero-order chi connectivity index (χ0) is 23.4. The molecule has 0 radical (unpaired) electrons. The number of nitrogens with one attached hydrogen (secondary N) is 1. The van der Waals surface area contributed by atoms with E-state index < -0.39 is 10.0 Å². The van der Waals surface area contributed by atoms with Gasteiger partial charge in [0, 0.05) is 11.0 Å². The number of carbonyl (C=O) groups excluding carboxylic acids is 1. The number of benzene rings is 4. The molecule has 0 bridgehead atoms. The zero-order valence-corrected chi connectivity index (χ0v) is 20.4. The lowest BCUT2D eigenvalue weighted by Crippen LogP contribution is -2.40. The molecule has 0 spiro atoms. The molecule has 0 aliphatic carbocycles. The van der Waals surface area contributed by atoms with Crippen LogP contribution >= 0.6 is 15.9 Å². The number of amides is 1. The van der Waals surface area contributed by atoms with Gasteiger partial charge in [0.25, 0.3) is 10.0 Å². The summed E-state index contributed by atoms with van der Waals surface area (Å²) < 4.78 is 28.7. The molecule has 0 heterocycles. The Kier molecular flexibility index (Phi) is 6.81. The number of anilines is 1. The fourth-order valence-corrected chi connectivity index (χ4v) is 5.32. The number of sulfonamides is 1. The average Bonchev–Trinajstić information content (AvgIpc) is 2.81. The van der Waals surface area contributed by atoms with E-state index in [4.69, 9.17) is 0 Å². The van der Waals surface area contributed by atoms with Crippen LogP contribution in [0.25, 0.3) is 10.8 Å². The Morgan fingerprint density at radius 1 is 0.879 bits per heavy atom. The summed E-state index contributed by atoms with van der Waals surface area (Å²) in [6.45, 7) is 1.86. The number of nitrogens with zero attached hydrogens (tertiary/aromatic N) is 1. The summed E-state index contributed by atoms with van der Waals surface area (Å²) in [5.41, 5.74) is 2.30. The highest BCUT2D eigenvalue weighted by atomic mass is 79.9. The molecule has 0 aromatic heterocycles. The van der Waals surface area contributed by atoms with Gasteiger partial charge >= 0.3 is 0 Å². The van der Waals surface area contributed by atoms with Crippen LogP contribution in [-0.2, 0) is 21.4 Å². The van der Waals surface area contributed by atoms with Gasteiger partial charge < -0.3 is 5.32 Å². The first kappa shape index (κ1) is 23.0. The van der Waals surface area contributed by atoms with Crippen LogP contribution in [0.1, 0.15) is 11.1 Å². The van der Waals surface area contributed by atoms with E-state index in [0.717, 1.165) is 30.7 Å². The van der Waals surface area contributed by atoms with Gasteiger partial charge in [-0.1, -0.05) is 76.1 Å². The fourth-order valence-electron chi connectivity index (χ4n) is 3.52. The Balaban J connectivity index is 1.56. The van der Waals surface area contributed by atoms with Crippen LogP contribution in [0.2, 0.25) is 0 Å². The van der Waals surface area contributed by atoms with Crippen LogP contribution in [0.5, 0.6) is 0 Å². The predicted octanol–water partition coefficient (Wildman–Crippen LogP) is 5.42. The third-order valence-corrected chi connectivity index (χ3v) is 7.58. The van der Waals surface area contributed by atoms with Gasteiger partial charge in [0.15, 0.2) is 0 Å². The SMILES string of the molecule is Cc1ccc(S(=O)(=O)N(CC(=O)NCc2ccc3ccccc3c2)c2cccc(Br)c2)cc1. The van der Waals surface area contributed by atoms with Gasteiger partial charge in [0.05, 0.1) is 10.6 Å². The quantitative estimate of drug-likeness (QED) is 0.352. The van der Waals surface area contributed by atoms with Gasteiger partial charge in [0.2, 0.25) is 5.91 Å². The van der Waals surface area contributed by atoms with Crippen LogP contribution in [0.3, 0.4) is 0 Å². The van der Waals surface area contributed by atoms with Crippen molar-refractivity contribution in [1.82, 2.24) is 5.32 Å². The first-order valence-corrected chi connectivity index (χ1v) is 12.7.